The summed E-state index contributed by atoms with van der Waals surface area (Å²) in [6.07, 6.45) is 1.44. The first-order chi connectivity index (χ1) is 9.58. The van der Waals surface area contributed by atoms with Crippen molar-refractivity contribution in [1.82, 2.24) is 5.32 Å². The van der Waals surface area contributed by atoms with Crippen molar-refractivity contribution in [3.8, 4) is 0 Å². The van der Waals surface area contributed by atoms with Crippen LogP contribution in [0.2, 0.25) is 0 Å². The predicted molar refractivity (Wildman–Crippen MR) is 78.1 cm³/mol. The van der Waals surface area contributed by atoms with Crippen LogP contribution < -0.4 is 5.32 Å². The average molecular weight is 335 g/mol. The number of fused-ring (bicyclic) bond motifs is 1. The van der Waals surface area contributed by atoms with Crippen molar-refractivity contribution < 1.29 is 21.2 Å². The van der Waals surface area contributed by atoms with Gasteiger partial charge in [0.25, 0.3) is 0 Å². The monoisotopic (exact) mass is 335 g/mol. The van der Waals surface area contributed by atoms with Crippen molar-refractivity contribution in [3.63, 3.8) is 0 Å². The van der Waals surface area contributed by atoms with Gasteiger partial charge in [0.15, 0.2) is 9.84 Å². The van der Waals surface area contributed by atoms with E-state index in [1.165, 1.54) is 12.1 Å². The van der Waals surface area contributed by atoms with E-state index in [1.807, 2.05) is 0 Å². The van der Waals surface area contributed by atoms with E-state index in [2.05, 4.69) is 5.32 Å². The smallest absolute Gasteiger partial charge is 0.178 e. The van der Waals surface area contributed by atoms with E-state index in [9.17, 15) is 21.2 Å². The van der Waals surface area contributed by atoms with Crippen LogP contribution in [-0.2, 0) is 19.7 Å². The Kier molecular flexibility index (Phi) is 4.41. The fourth-order valence-corrected chi connectivity index (χ4v) is 5.24. The molecule has 0 spiro atoms. The minimum Gasteiger partial charge on any atom is -0.306 e. The number of halogens is 1. The lowest BCUT2D eigenvalue weighted by Gasteiger charge is -2.29. The van der Waals surface area contributed by atoms with Crippen LogP contribution >= 0.6 is 0 Å². The van der Waals surface area contributed by atoms with E-state index >= 15 is 0 Å². The highest BCUT2D eigenvalue weighted by Gasteiger charge is 2.31. The molecule has 2 unspecified atom stereocenters. The molecule has 1 aromatic rings. The highest BCUT2D eigenvalue weighted by molar-refractivity contribution is 7.91. The second-order valence-corrected chi connectivity index (χ2v) is 9.76. The highest BCUT2D eigenvalue weighted by atomic mass is 32.2. The van der Waals surface area contributed by atoms with E-state index in [4.69, 9.17) is 0 Å². The van der Waals surface area contributed by atoms with Crippen LogP contribution in [0.25, 0.3) is 0 Å². The largest absolute Gasteiger partial charge is 0.306 e. The van der Waals surface area contributed by atoms with E-state index < -0.39 is 25.5 Å². The van der Waals surface area contributed by atoms with Gasteiger partial charge in [-0.15, -0.1) is 0 Å². The molecule has 0 saturated heterocycles. The number of hydrogen-bond donors (Lipinski definition) is 1. The van der Waals surface area contributed by atoms with E-state index in [1.54, 1.807) is 6.92 Å². The summed E-state index contributed by atoms with van der Waals surface area (Å²) in [5.74, 6) is -0.594. The Morgan fingerprint density at radius 3 is 2.71 bits per heavy atom. The molecular weight excluding hydrogens is 317 g/mol. The highest BCUT2D eigenvalue weighted by Crippen LogP contribution is 2.32. The molecule has 0 radical (unpaired) electrons. The maximum absolute atomic E-state index is 13.4. The Bertz CT molecular complexity index is 743. The first-order valence-electron chi connectivity index (χ1n) is 6.54. The number of rotatable bonds is 4. The minimum atomic E-state index is -3.39. The standard InChI is InChI=1S/C13H18FNO4S2/c1-9(8-20(2,16)17)15-12-5-6-21(18,19)13-4-3-10(14)7-11(12)13/h3-4,7,9,12,15H,5-6,8H2,1-2H3. The quantitative estimate of drug-likeness (QED) is 0.833. The zero-order chi connectivity index (χ0) is 15.8. The van der Waals surface area contributed by atoms with E-state index in [0.29, 0.717) is 12.0 Å². The number of nitrogens with one attached hydrogen (secondary N) is 1. The van der Waals surface area contributed by atoms with Crippen molar-refractivity contribution in [2.75, 3.05) is 17.8 Å². The third kappa shape index (κ3) is 4.02. The van der Waals surface area contributed by atoms with Gasteiger partial charge in [0.2, 0.25) is 0 Å². The topological polar surface area (TPSA) is 80.3 Å². The first kappa shape index (κ1) is 16.4. The molecule has 0 amide bonds. The van der Waals surface area contributed by atoms with Gasteiger partial charge >= 0.3 is 0 Å². The molecule has 5 nitrogen and oxygen atoms in total. The third-order valence-corrected chi connectivity index (χ3v) is 6.32. The van der Waals surface area contributed by atoms with E-state index in [-0.39, 0.29) is 28.5 Å². The maximum Gasteiger partial charge on any atom is 0.178 e. The van der Waals surface area contributed by atoms with Crippen LogP contribution in [0.1, 0.15) is 24.9 Å². The Balaban J connectivity index is 2.30. The second kappa shape index (κ2) is 5.66. The molecule has 8 heteroatoms. The fraction of sp³-hybridized carbons (Fsp3) is 0.538. The van der Waals surface area contributed by atoms with Crippen LogP contribution in [0.3, 0.4) is 0 Å². The molecule has 2 rings (SSSR count). The van der Waals surface area contributed by atoms with Gasteiger partial charge in [0.05, 0.1) is 16.4 Å². The molecule has 0 bridgehead atoms. The summed E-state index contributed by atoms with van der Waals surface area (Å²) in [6, 6.07) is 2.89. The van der Waals surface area contributed by atoms with Crippen LogP contribution in [-0.4, -0.2) is 40.6 Å². The van der Waals surface area contributed by atoms with Gasteiger partial charge < -0.3 is 5.32 Å². The summed E-state index contributed by atoms with van der Waals surface area (Å²) >= 11 is 0. The van der Waals surface area contributed by atoms with Gasteiger partial charge in [0.1, 0.15) is 15.7 Å². The van der Waals surface area contributed by atoms with Gasteiger partial charge in [-0.3, -0.25) is 0 Å². The summed E-state index contributed by atoms with van der Waals surface area (Å²) in [5, 5.41) is 3.09. The molecule has 0 aliphatic carbocycles. The Morgan fingerprint density at radius 2 is 2.10 bits per heavy atom. The first-order valence-corrected chi connectivity index (χ1v) is 10.3. The van der Waals surface area contributed by atoms with Crippen molar-refractivity contribution in [3.05, 3.63) is 29.6 Å². The molecule has 1 N–H and O–H groups in total. The number of sulfone groups is 2. The number of benzene rings is 1. The summed E-state index contributed by atoms with van der Waals surface area (Å²) in [6.45, 7) is 1.71. The lowest BCUT2D eigenvalue weighted by molar-refractivity contribution is 0.446. The number of hydrogen-bond acceptors (Lipinski definition) is 5. The second-order valence-electron chi connectivity index (χ2n) is 5.50. The molecule has 1 aliphatic heterocycles. The fourth-order valence-electron chi connectivity index (χ4n) is 2.63. The average Bonchev–Trinajstić information content (AvgIpc) is 2.30. The van der Waals surface area contributed by atoms with Gasteiger partial charge in [-0.1, -0.05) is 0 Å². The molecule has 118 valence electrons. The van der Waals surface area contributed by atoms with Gasteiger partial charge in [-0.2, -0.15) is 0 Å². The lowest BCUT2D eigenvalue weighted by atomic mass is 10.0. The lowest BCUT2D eigenvalue weighted by Crippen LogP contribution is -2.38. The Labute approximate surface area is 124 Å². The molecule has 0 saturated carbocycles. The zero-order valence-corrected chi connectivity index (χ0v) is 13.5. The third-order valence-electron chi connectivity index (χ3n) is 3.40. The zero-order valence-electron chi connectivity index (χ0n) is 11.8. The summed E-state index contributed by atoms with van der Waals surface area (Å²) < 4.78 is 60.0. The molecule has 21 heavy (non-hydrogen) atoms. The SMILES string of the molecule is CC(CS(C)(=O)=O)NC1CCS(=O)(=O)c2ccc(F)cc21. The molecule has 2 atom stereocenters. The van der Waals surface area contributed by atoms with Crippen LogP contribution in [0.4, 0.5) is 4.39 Å². The molecule has 1 aliphatic rings. The van der Waals surface area contributed by atoms with E-state index in [0.717, 1.165) is 12.3 Å². The summed E-state index contributed by atoms with van der Waals surface area (Å²) in [5.41, 5.74) is 0.376. The van der Waals surface area contributed by atoms with Crippen LogP contribution in [0.15, 0.2) is 23.1 Å². The molecule has 0 fully saturated rings. The maximum atomic E-state index is 13.4. The van der Waals surface area contributed by atoms with Crippen molar-refractivity contribution in [2.45, 2.75) is 30.3 Å². The van der Waals surface area contributed by atoms with Gasteiger partial charge in [-0.25, -0.2) is 21.2 Å². The summed E-state index contributed by atoms with van der Waals surface area (Å²) in [7, 11) is -6.52. The van der Waals surface area contributed by atoms with Crippen LogP contribution in [0, 0.1) is 5.82 Å². The summed E-state index contributed by atoms with van der Waals surface area (Å²) in [4.78, 5) is 0.124. The Morgan fingerprint density at radius 1 is 1.43 bits per heavy atom. The van der Waals surface area contributed by atoms with Crippen LogP contribution in [0.5, 0.6) is 0 Å². The van der Waals surface area contributed by atoms with Crippen molar-refractivity contribution in [1.29, 1.82) is 0 Å². The Hall–Kier alpha value is -0.990. The normalized spacial score (nSPS) is 22.5. The minimum absolute atomic E-state index is 0.0328. The van der Waals surface area contributed by atoms with Crippen molar-refractivity contribution in [2.24, 2.45) is 0 Å². The van der Waals surface area contributed by atoms with Gasteiger partial charge in [0, 0.05) is 18.3 Å². The molecule has 1 heterocycles. The predicted octanol–water partition coefficient (Wildman–Crippen LogP) is 1.07. The van der Waals surface area contributed by atoms with Gasteiger partial charge in [-0.05, 0) is 37.1 Å². The van der Waals surface area contributed by atoms with Crippen molar-refractivity contribution >= 4 is 19.7 Å². The molecule has 0 aromatic heterocycles. The molecule has 1 aromatic carbocycles. The molecular formula is C13H18FNO4S2.